The van der Waals surface area contributed by atoms with Crippen LogP contribution >= 0.6 is 0 Å². The summed E-state index contributed by atoms with van der Waals surface area (Å²) >= 11 is 0. The molecule has 3 rings (SSSR count). The summed E-state index contributed by atoms with van der Waals surface area (Å²) in [4.78, 5) is 19.6. The molecule has 0 atom stereocenters. The van der Waals surface area contributed by atoms with Gasteiger partial charge in [0.1, 0.15) is 5.82 Å². The molecule has 0 aliphatic carbocycles. The number of rotatable bonds is 7. The van der Waals surface area contributed by atoms with Crippen LogP contribution in [0.4, 0.5) is 0 Å². The van der Waals surface area contributed by atoms with Gasteiger partial charge in [0.25, 0.3) is 5.91 Å². The Morgan fingerprint density at radius 2 is 1.82 bits per heavy atom. The maximum absolute atomic E-state index is 12.4. The second-order valence-electron chi connectivity index (χ2n) is 6.69. The molecule has 0 unspecified atom stereocenters. The Kier molecular flexibility index (Phi) is 5.81. The molecule has 0 bridgehead atoms. The van der Waals surface area contributed by atoms with Crippen molar-refractivity contribution < 1.29 is 13.2 Å². The zero-order chi connectivity index (χ0) is 20.3. The number of H-pyrrole nitrogens is 1. The molecule has 0 fully saturated rings. The fraction of sp³-hybridized carbons (Fsp3) is 0.300. The highest BCUT2D eigenvalue weighted by molar-refractivity contribution is 7.89. The number of aromatic amines is 1. The van der Waals surface area contributed by atoms with Crippen LogP contribution in [-0.2, 0) is 16.4 Å². The minimum atomic E-state index is -3.61. The maximum atomic E-state index is 12.4. The van der Waals surface area contributed by atoms with Crippen molar-refractivity contribution in [3.63, 3.8) is 0 Å². The maximum Gasteiger partial charge on any atom is 0.251 e. The lowest BCUT2D eigenvalue weighted by atomic mass is 10.1. The molecular weight excluding hydrogens is 376 g/mol. The second-order valence-corrected chi connectivity index (χ2v) is 8.46. The van der Waals surface area contributed by atoms with Crippen LogP contribution in [0.15, 0.2) is 41.3 Å². The van der Waals surface area contributed by atoms with Gasteiger partial charge in [0.15, 0.2) is 0 Å². The van der Waals surface area contributed by atoms with Gasteiger partial charge >= 0.3 is 0 Å². The molecular formula is C20H24N4O3S. The van der Waals surface area contributed by atoms with E-state index in [-0.39, 0.29) is 10.8 Å². The second kappa shape index (κ2) is 8.12. The van der Waals surface area contributed by atoms with Crippen molar-refractivity contribution in [3.8, 4) is 0 Å². The third kappa shape index (κ3) is 4.23. The highest BCUT2D eigenvalue weighted by Gasteiger charge is 2.14. The van der Waals surface area contributed by atoms with Crippen LogP contribution in [0.1, 0.15) is 33.7 Å². The lowest BCUT2D eigenvalue weighted by Crippen LogP contribution is -2.25. The zero-order valence-corrected chi connectivity index (χ0v) is 17.0. The van der Waals surface area contributed by atoms with Gasteiger partial charge in [-0.15, -0.1) is 0 Å². The van der Waals surface area contributed by atoms with Crippen molar-refractivity contribution in [3.05, 3.63) is 58.9 Å². The van der Waals surface area contributed by atoms with Crippen molar-refractivity contribution in [2.45, 2.75) is 31.6 Å². The smallest absolute Gasteiger partial charge is 0.251 e. The number of amides is 1. The Labute approximate surface area is 164 Å². The predicted molar refractivity (Wildman–Crippen MR) is 109 cm³/mol. The summed E-state index contributed by atoms with van der Waals surface area (Å²) < 4.78 is 27.4. The summed E-state index contributed by atoms with van der Waals surface area (Å²) in [6.07, 6.45) is 1.26. The van der Waals surface area contributed by atoms with Gasteiger partial charge in [-0.25, -0.2) is 18.1 Å². The first-order chi connectivity index (χ1) is 13.3. The van der Waals surface area contributed by atoms with E-state index in [0.717, 1.165) is 22.4 Å². The molecule has 1 amide bonds. The topological polar surface area (TPSA) is 104 Å². The molecule has 28 heavy (non-hydrogen) atoms. The van der Waals surface area contributed by atoms with E-state index in [9.17, 15) is 13.2 Å². The lowest BCUT2D eigenvalue weighted by Gasteiger charge is -2.07. The number of carbonyl (C=O) groups is 1. The highest BCUT2D eigenvalue weighted by Crippen LogP contribution is 2.19. The number of aryl methyl sites for hydroxylation is 3. The first-order valence-electron chi connectivity index (χ1n) is 9.08. The van der Waals surface area contributed by atoms with Crippen LogP contribution < -0.4 is 10.0 Å². The number of hydrogen-bond donors (Lipinski definition) is 3. The Hall–Kier alpha value is -2.71. The van der Waals surface area contributed by atoms with Gasteiger partial charge in [0.05, 0.1) is 15.9 Å². The molecule has 8 heteroatoms. The number of sulfonamides is 1. The average molecular weight is 401 g/mol. The van der Waals surface area contributed by atoms with Crippen LogP contribution in [0, 0.1) is 13.8 Å². The predicted octanol–water partition coefficient (Wildman–Crippen LogP) is 2.45. The van der Waals surface area contributed by atoms with E-state index in [1.165, 1.54) is 36.9 Å². The number of fused-ring (bicyclic) bond motifs is 1. The molecule has 0 aliphatic rings. The van der Waals surface area contributed by atoms with Crippen LogP contribution in [0.3, 0.4) is 0 Å². The van der Waals surface area contributed by atoms with Gasteiger partial charge in [-0.05, 0) is 61.7 Å². The Morgan fingerprint density at radius 3 is 2.50 bits per heavy atom. The third-order valence-corrected chi connectivity index (χ3v) is 6.24. The van der Waals surface area contributed by atoms with Gasteiger partial charge in [-0.3, -0.25) is 4.79 Å². The standard InChI is InChI=1S/C20H24N4O3S/c1-13-6-11-17-19(14(13)2)24-18(23-17)5-4-12-22-28(26,27)16-9-7-15(8-10-16)20(25)21-3/h6-11,22H,4-5,12H2,1-3H3,(H,21,25)(H,23,24). The van der Waals surface area contributed by atoms with Crippen LogP contribution in [-0.4, -0.2) is 37.9 Å². The number of nitrogens with one attached hydrogen (secondary N) is 3. The van der Waals surface area contributed by atoms with Gasteiger partial charge in [0, 0.05) is 25.6 Å². The molecule has 0 aliphatic heterocycles. The molecule has 1 aromatic heterocycles. The number of benzene rings is 2. The lowest BCUT2D eigenvalue weighted by molar-refractivity contribution is 0.0963. The van der Waals surface area contributed by atoms with E-state index in [1.54, 1.807) is 0 Å². The van der Waals surface area contributed by atoms with Crippen molar-refractivity contribution in [2.24, 2.45) is 0 Å². The summed E-state index contributed by atoms with van der Waals surface area (Å²) in [5.74, 6) is 0.589. The molecule has 3 N–H and O–H groups in total. The van der Waals surface area contributed by atoms with E-state index in [1.807, 2.05) is 13.0 Å². The zero-order valence-electron chi connectivity index (χ0n) is 16.2. The average Bonchev–Trinajstić information content (AvgIpc) is 3.11. The molecule has 148 valence electrons. The van der Waals surface area contributed by atoms with Gasteiger partial charge in [-0.2, -0.15) is 0 Å². The summed E-state index contributed by atoms with van der Waals surface area (Å²) in [5.41, 5.74) is 4.72. The molecule has 0 saturated heterocycles. The third-order valence-electron chi connectivity index (χ3n) is 4.76. The van der Waals surface area contributed by atoms with Gasteiger partial charge in [0.2, 0.25) is 10.0 Å². The van der Waals surface area contributed by atoms with Gasteiger partial charge < -0.3 is 10.3 Å². The van der Waals surface area contributed by atoms with Crippen molar-refractivity contribution in [1.29, 1.82) is 0 Å². The SMILES string of the molecule is CNC(=O)c1ccc(S(=O)(=O)NCCCc2nc3c(C)c(C)ccc3[nH]2)cc1. The van der Waals surface area contributed by atoms with Crippen molar-refractivity contribution in [1.82, 2.24) is 20.0 Å². The molecule has 2 aromatic carbocycles. The number of carbonyl (C=O) groups excluding carboxylic acids is 1. The monoisotopic (exact) mass is 400 g/mol. The largest absolute Gasteiger partial charge is 0.355 e. The van der Waals surface area contributed by atoms with Crippen molar-refractivity contribution in [2.75, 3.05) is 13.6 Å². The van der Waals surface area contributed by atoms with E-state index < -0.39 is 10.0 Å². The minimum Gasteiger partial charge on any atom is -0.355 e. The summed E-state index contributed by atoms with van der Waals surface area (Å²) in [5, 5.41) is 2.50. The summed E-state index contributed by atoms with van der Waals surface area (Å²) in [6.45, 7) is 4.40. The summed E-state index contributed by atoms with van der Waals surface area (Å²) in [6, 6.07) is 9.91. The Morgan fingerprint density at radius 1 is 1.11 bits per heavy atom. The van der Waals surface area contributed by atoms with E-state index in [2.05, 4.69) is 33.0 Å². The van der Waals surface area contributed by atoms with Crippen LogP contribution in [0.5, 0.6) is 0 Å². The summed E-state index contributed by atoms with van der Waals surface area (Å²) in [7, 11) is -2.09. The molecule has 0 saturated carbocycles. The number of hydrogen-bond acceptors (Lipinski definition) is 4. The fourth-order valence-electron chi connectivity index (χ4n) is 2.96. The number of aromatic nitrogens is 2. The molecule has 0 spiro atoms. The quantitative estimate of drug-likeness (QED) is 0.530. The van der Waals surface area contributed by atoms with E-state index in [4.69, 9.17) is 0 Å². The van der Waals surface area contributed by atoms with Gasteiger partial charge in [-0.1, -0.05) is 6.07 Å². The Balaban J connectivity index is 1.58. The molecule has 7 nitrogen and oxygen atoms in total. The highest BCUT2D eigenvalue weighted by atomic mass is 32.2. The van der Waals surface area contributed by atoms with Crippen LogP contribution in [0.25, 0.3) is 11.0 Å². The molecule has 1 heterocycles. The van der Waals surface area contributed by atoms with Crippen molar-refractivity contribution >= 4 is 27.0 Å². The minimum absolute atomic E-state index is 0.134. The molecule has 0 radical (unpaired) electrons. The van der Waals surface area contributed by atoms with E-state index >= 15 is 0 Å². The number of imidazole rings is 1. The first kappa shape index (κ1) is 20.0. The fourth-order valence-corrected chi connectivity index (χ4v) is 4.03. The Bertz CT molecular complexity index is 1100. The molecule has 3 aromatic rings. The first-order valence-corrected chi connectivity index (χ1v) is 10.6. The normalized spacial score (nSPS) is 11.7. The van der Waals surface area contributed by atoms with Crippen LogP contribution in [0.2, 0.25) is 0 Å². The van der Waals surface area contributed by atoms with E-state index in [0.29, 0.717) is 24.9 Å². The number of nitrogens with zero attached hydrogens (tertiary/aromatic N) is 1.